The summed E-state index contributed by atoms with van der Waals surface area (Å²) in [6.07, 6.45) is 6.30. The van der Waals surface area contributed by atoms with Crippen molar-refractivity contribution in [2.45, 2.75) is 92.5 Å². The first-order valence-corrected chi connectivity index (χ1v) is 16.3. The van der Waals surface area contributed by atoms with Crippen LogP contribution in [0.2, 0.25) is 0 Å². The van der Waals surface area contributed by atoms with Crippen molar-refractivity contribution in [2.24, 2.45) is 0 Å². The van der Waals surface area contributed by atoms with Gasteiger partial charge in [-0.25, -0.2) is 0 Å². The van der Waals surface area contributed by atoms with Crippen molar-refractivity contribution in [1.29, 1.82) is 0 Å². The summed E-state index contributed by atoms with van der Waals surface area (Å²) in [6.45, 7) is 19.5. The summed E-state index contributed by atoms with van der Waals surface area (Å²) in [4.78, 5) is 0. The highest BCUT2D eigenvalue weighted by Crippen LogP contribution is 2.17. The minimum atomic E-state index is 0.339. The summed E-state index contributed by atoms with van der Waals surface area (Å²) in [5.41, 5.74) is 3.76. The standard InChI is InChI=1S/3C10H12O2.2C4H10/c3*1-8-2-4-9(5-3-8)11-6-10-7-12-10;2*1-3-4-2/h3*2-5,10H,6-7H2,1H3;2*3-4H2,1-2H3. The van der Waals surface area contributed by atoms with E-state index < -0.39 is 0 Å². The lowest BCUT2D eigenvalue weighted by atomic mass is 10.2. The molecule has 3 fully saturated rings. The van der Waals surface area contributed by atoms with Crippen LogP contribution in [0, 0.1) is 20.8 Å². The Kier molecular flexibility index (Phi) is 18.9. The SMILES string of the molecule is CCCC.CCCC.Cc1ccc(OCC2CO2)cc1.Cc1ccc(OCC2CO2)cc1.Cc1ccc(OCC2CO2)cc1. The summed E-state index contributed by atoms with van der Waals surface area (Å²) in [6, 6.07) is 24.2. The van der Waals surface area contributed by atoms with E-state index in [-0.39, 0.29) is 0 Å². The Balaban J connectivity index is 0.000000205. The molecule has 3 atom stereocenters. The van der Waals surface area contributed by atoms with E-state index in [4.69, 9.17) is 28.4 Å². The lowest BCUT2D eigenvalue weighted by Crippen LogP contribution is -2.03. The van der Waals surface area contributed by atoms with Crippen LogP contribution in [0.1, 0.15) is 70.1 Å². The number of ether oxygens (including phenoxy) is 6. The molecule has 44 heavy (non-hydrogen) atoms. The molecule has 0 aliphatic carbocycles. The molecule has 0 amide bonds. The molecule has 3 aliphatic rings. The number of benzene rings is 3. The summed E-state index contributed by atoms with van der Waals surface area (Å²) < 4.78 is 31.5. The summed E-state index contributed by atoms with van der Waals surface area (Å²) in [5.74, 6) is 2.78. The van der Waals surface area contributed by atoms with Crippen LogP contribution in [0.4, 0.5) is 0 Å². The lowest BCUT2D eigenvalue weighted by molar-refractivity contribution is 0.263. The number of aryl methyl sites for hydroxylation is 3. The molecule has 3 heterocycles. The predicted molar refractivity (Wildman–Crippen MR) is 180 cm³/mol. The lowest BCUT2D eigenvalue weighted by Gasteiger charge is -2.03. The first-order chi connectivity index (χ1) is 21.4. The molecule has 0 saturated carbocycles. The zero-order valence-corrected chi connectivity index (χ0v) is 28.2. The second-order valence-electron chi connectivity index (χ2n) is 11.2. The van der Waals surface area contributed by atoms with E-state index in [0.29, 0.717) is 38.1 Å². The minimum Gasteiger partial charge on any atom is -0.491 e. The molecule has 3 saturated heterocycles. The molecular weight excluding hydrogens is 552 g/mol. The maximum Gasteiger partial charge on any atom is 0.119 e. The van der Waals surface area contributed by atoms with E-state index in [0.717, 1.165) is 37.1 Å². The van der Waals surface area contributed by atoms with Crippen LogP contribution in [0.25, 0.3) is 0 Å². The molecule has 3 aromatic carbocycles. The highest BCUT2D eigenvalue weighted by Gasteiger charge is 2.24. The van der Waals surface area contributed by atoms with Crippen molar-refractivity contribution in [2.75, 3.05) is 39.6 Å². The molecule has 0 radical (unpaired) electrons. The first kappa shape index (κ1) is 37.1. The average molecular weight is 609 g/mol. The van der Waals surface area contributed by atoms with Crippen molar-refractivity contribution < 1.29 is 28.4 Å². The molecule has 6 heteroatoms. The van der Waals surface area contributed by atoms with Gasteiger partial charge in [0.05, 0.1) is 19.8 Å². The normalized spacial score (nSPS) is 18.2. The first-order valence-electron chi connectivity index (χ1n) is 16.3. The van der Waals surface area contributed by atoms with Crippen LogP contribution in [0.3, 0.4) is 0 Å². The fourth-order valence-electron chi connectivity index (χ4n) is 2.96. The molecular formula is C38H56O6. The monoisotopic (exact) mass is 608 g/mol. The van der Waals surface area contributed by atoms with Gasteiger partial charge in [0.15, 0.2) is 0 Å². The molecule has 0 bridgehead atoms. The highest BCUT2D eigenvalue weighted by atomic mass is 16.6. The van der Waals surface area contributed by atoms with E-state index in [9.17, 15) is 0 Å². The number of hydrogen-bond donors (Lipinski definition) is 0. The third-order valence-electron chi connectivity index (χ3n) is 6.58. The molecule has 6 nitrogen and oxygen atoms in total. The maximum atomic E-state index is 5.46. The number of hydrogen-bond acceptors (Lipinski definition) is 6. The van der Waals surface area contributed by atoms with Crippen molar-refractivity contribution in [3.63, 3.8) is 0 Å². The molecule has 0 aromatic heterocycles. The van der Waals surface area contributed by atoms with E-state index in [1.165, 1.54) is 42.4 Å². The summed E-state index contributed by atoms with van der Waals surface area (Å²) in [5, 5.41) is 0. The Bertz CT molecular complexity index is 941. The summed E-state index contributed by atoms with van der Waals surface area (Å²) >= 11 is 0. The van der Waals surface area contributed by atoms with E-state index in [1.54, 1.807) is 0 Å². The predicted octanol–water partition coefficient (Wildman–Crippen LogP) is 8.93. The topological polar surface area (TPSA) is 65.3 Å². The van der Waals surface area contributed by atoms with Crippen LogP contribution < -0.4 is 14.2 Å². The average Bonchev–Trinajstić information content (AvgIpc) is 3.89. The van der Waals surface area contributed by atoms with Crippen molar-refractivity contribution in [3.8, 4) is 17.2 Å². The fourth-order valence-corrected chi connectivity index (χ4v) is 2.96. The molecule has 6 rings (SSSR count). The van der Waals surface area contributed by atoms with Gasteiger partial charge < -0.3 is 28.4 Å². The Hall–Kier alpha value is -3.06. The number of rotatable bonds is 11. The van der Waals surface area contributed by atoms with Crippen LogP contribution in [0.15, 0.2) is 72.8 Å². The van der Waals surface area contributed by atoms with Gasteiger partial charge in [0.25, 0.3) is 0 Å². The quantitative estimate of drug-likeness (QED) is 0.203. The molecule has 3 unspecified atom stereocenters. The van der Waals surface area contributed by atoms with E-state index in [2.05, 4.69) is 48.5 Å². The van der Waals surface area contributed by atoms with Crippen LogP contribution in [0.5, 0.6) is 17.2 Å². The van der Waals surface area contributed by atoms with Gasteiger partial charge in [-0.2, -0.15) is 0 Å². The zero-order chi connectivity index (χ0) is 32.0. The minimum absolute atomic E-state index is 0.339. The van der Waals surface area contributed by atoms with Crippen molar-refractivity contribution >= 4 is 0 Å². The van der Waals surface area contributed by atoms with Gasteiger partial charge in [-0.15, -0.1) is 0 Å². The number of epoxide rings is 3. The molecule has 0 spiro atoms. The second kappa shape index (κ2) is 22.4. The van der Waals surface area contributed by atoms with Crippen molar-refractivity contribution in [1.82, 2.24) is 0 Å². The van der Waals surface area contributed by atoms with Gasteiger partial charge in [-0.3, -0.25) is 0 Å². The van der Waals surface area contributed by atoms with Gasteiger partial charge >= 0.3 is 0 Å². The largest absolute Gasteiger partial charge is 0.491 e. The smallest absolute Gasteiger partial charge is 0.119 e. The Morgan fingerprint density at radius 3 is 0.795 bits per heavy atom. The van der Waals surface area contributed by atoms with Gasteiger partial charge in [-0.05, 0) is 57.2 Å². The van der Waals surface area contributed by atoms with Gasteiger partial charge in [0.2, 0.25) is 0 Å². The van der Waals surface area contributed by atoms with Crippen LogP contribution in [-0.2, 0) is 14.2 Å². The Morgan fingerprint density at radius 1 is 0.432 bits per heavy atom. The molecule has 3 aromatic rings. The van der Waals surface area contributed by atoms with Gasteiger partial charge in [0.1, 0.15) is 55.4 Å². The third kappa shape index (κ3) is 20.0. The summed E-state index contributed by atoms with van der Waals surface area (Å²) in [7, 11) is 0. The Labute approximate surface area is 267 Å². The van der Waals surface area contributed by atoms with E-state index >= 15 is 0 Å². The zero-order valence-electron chi connectivity index (χ0n) is 28.2. The number of unbranched alkanes of at least 4 members (excludes halogenated alkanes) is 2. The van der Waals surface area contributed by atoms with Crippen LogP contribution in [-0.4, -0.2) is 58.0 Å². The highest BCUT2D eigenvalue weighted by molar-refractivity contribution is 5.27. The second-order valence-corrected chi connectivity index (χ2v) is 11.2. The Morgan fingerprint density at radius 2 is 0.636 bits per heavy atom. The fraction of sp³-hybridized carbons (Fsp3) is 0.526. The third-order valence-corrected chi connectivity index (χ3v) is 6.58. The van der Waals surface area contributed by atoms with Crippen molar-refractivity contribution in [3.05, 3.63) is 89.5 Å². The molecule has 244 valence electrons. The maximum absolute atomic E-state index is 5.46. The molecule has 3 aliphatic heterocycles. The van der Waals surface area contributed by atoms with Gasteiger partial charge in [-0.1, -0.05) is 106 Å². The molecule has 0 N–H and O–H groups in total. The van der Waals surface area contributed by atoms with Gasteiger partial charge in [0, 0.05) is 0 Å². The van der Waals surface area contributed by atoms with Crippen LogP contribution >= 0.6 is 0 Å². The van der Waals surface area contributed by atoms with E-state index in [1.807, 2.05) is 72.8 Å².